The molecule has 21 heavy (non-hydrogen) atoms. The largest absolute Gasteiger partial charge is 0.382 e. The van der Waals surface area contributed by atoms with E-state index in [4.69, 9.17) is 0 Å². The summed E-state index contributed by atoms with van der Waals surface area (Å²) in [7, 11) is -1.95. The molecular formula is C16H26N2O2S. The number of sulfonamides is 1. The van der Waals surface area contributed by atoms with E-state index in [0.29, 0.717) is 22.8 Å². The molecular weight excluding hydrogens is 284 g/mol. The molecule has 0 saturated heterocycles. The highest BCUT2D eigenvalue weighted by Crippen LogP contribution is 2.32. The molecule has 1 aromatic carbocycles. The fourth-order valence-electron chi connectivity index (χ4n) is 3.22. The lowest BCUT2D eigenvalue weighted by Crippen LogP contribution is -2.35. The summed E-state index contributed by atoms with van der Waals surface area (Å²) in [6, 6.07) is 7.52. The summed E-state index contributed by atoms with van der Waals surface area (Å²) in [4.78, 5) is 0.312. The molecule has 0 aliphatic heterocycles. The van der Waals surface area contributed by atoms with Crippen molar-refractivity contribution in [3.8, 4) is 0 Å². The van der Waals surface area contributed by atoms with Gasteiger partial charge < -0.3 is 5.32 Å². The van der Waals surface area contributed by atoms with Gasteiger partial charge in [-0.25, -0.2) is 13.1 Å². The van der Waals surface area contributed by atoms with Crippen LogP contribution in [0, 0.1) is 11.8 Å². The van der Waals surface area contributed by atoms with Gasteiger partial charge in [0.05, 0.1) is 4.90 Å². The summed E-state index contributed by atoms with van der Waals surface area (Å²) < 4.78 is 26.1. The first kappa shape index (κ1) is 16.3. The highest BCUT2D eigenvalue weighted by molar-refractivity contribution is 7.89. The molecule has 1 aliphatic carbocycles. The Balaban J connectivity index is 2.17. The van der Waals surface area contributed by atoms with E-state index in [1.807, 2.05) is 6.07 Å². The molecule has 2 unspecified atom stereocenters. The Morgan fingerprint density at radius 2 is 1.90 bits per heavy atom. The Bertz CT molecular complexity index is 569. The first-order chi connectivity index (χ1) is 9.94. The normalized spacial score (nSPS) is 23.2. The van der Waals surface area contributed by atoms with Gasteiger partial charge in [0.1, 0.15) is 0 Å². The van der Waals surface area contributed by atoms with Gasteiger partial charge in [-0.1, -0.05) is 32.8 Å². The van der Waals surface area contributed by atoms with E-state index in [9.17, 15) is 8.42 Å². The zero-order chi connectivity index (χ0) is 15.5. The molecule has 5 heteroatoms. The van der Waals surface area contributed by atoms with Gasteiger partial charge in [0, 0.05) is 11.7 Å². The highest BCUT2D eigenvalue weighted by atomic mass is 32.2. The molecule has 0 amide bonds. The van der Waals surface area contributed by atoms with Gasteiger partial charge in [-0.2, -0.15) is 0 Å². The van der Waals surface area contributed by atoms with E-state index in [1.165, 1.54) is 26.3 Å². The maximum Gasteiger partial charge on any atom is 0.240 e. The minimum Gasteiger partial charge on any atom is -0.382 e. The van der Waals surface area contributed by atoms with Crippen LogP contribution in [0.15, 0.2) is 29.2 Å². The average Bonchev–Trinajstić information content (AvgIpc) is 2.48. The van der Waals surface area contributed by atoms with E-state index in [0.717, 1.165) is 12.1 Å². The summed E-state index contributed by atoms with van der Waals surface area (Å²) in [5.41, 5.74) is 0.892. The molecule has 2 rings (SSSR count). The standard InChI is InChI=1S/C16H26N2O2S/c1-12(2)15-9-4-5-10-16(15)18-13-7-6-8-14(11-13)21(19,20)17-3/h6-8,11-12,15-18H,4-5,9-10H2,1-3H3. The molecule has 1 saturated carbocycles. The van der Waals surface area contributed by atoms with Gasteiger partial charge in [0.2, 0.25) is 10.0 Å². The molecule has 1 aliphatic rings. The van der Waals surface area contributed by atoms with Crippen molar-refractivity contribution in [1.29, 1.82) is 0 Å². The third kappa shape index (κ3) is 3.98. The second kappa shape index (κ2) is 6.79. The topological polar surface area (TPSA) is 58.2 Å². The predicted molar refractivity (Wildman–Crippen MR) is 86.9 cm³/mol. The van der Waals surface area contributed by atoms with Crippen LogP contribution in [-0.4, -0.2) is 21.5 Å². The Kier molecular flexibility index (Phi) is 5.27. The van der Waals surface area contributed by atoms with E-state index in [1.54, 1.807) is 18.2 Å². The summed E-state index contributed by atoms with van der Waals surface area (Å²) >= 11 is 0. The van der Waals surface area contributed by atoms with Gasteiger partial charge in [-0.15, -0.1) is 0 Å². The number of hydrogen-bond acceptors (Lipinski definition) is 3. The molecule has 0 spiro atoms. The van der Waals surface area contributed by atoms with Crippen molar-refractivity contribution in [2.45, 2.75) is 50.5 Å². The monoisotopic (exact) mass is 310 g/mol. The second-order valence-corrected chi connectivity index (χ2v) is 8.07. The van der Waals surface area contributed by atoms with Crippen LogP contribution < -0.4 is 10.0 Å². The molecule has 0 aromatic heterocycles. The fourth-order valence-corrected chi connectivity index (χ4v) is 4.00. The Morgan fingerprint density at radius 1 is 1.19 bits per heavy atom. The van der Waals surface area contributed by atoms with Gasteiger partial charge in [0.25, 0.3) is 0 Å². The van der Waals surface area contributed by atoms with Crippen molar-refractivity contribution in [3.05, 3.63) is 24.3 Å². The maximum atomic E-state index is 11.9. The molecule has 1 aromatic rings. The zero-order valence-corrected chi connectivity index (χ0v) is 13.9. The van der Waals surface area contributed by atoms with Crippen molar-refractivity contribution in [2.75, 3.05) is 12.4 Å². The van der Waals surface area contributed by atoms with Crippen molar-refractivity contribution in [1.82, 2.24) is 4.72 Å². The molecule has 2 N–H and O–H groups in total. The van der Waals surface area contributed by atoms with Crippen LogP contribution in [0.25, 0.3) is 0 Å². The van der Waals surface area contributed by atoms with Gasteiger partial charge >= 0.3 is 0 Å². The quantitative estimate of drug-likeness (QED) is 0.878. The maximum absolute atomic E-state index is 11.9. The van der Waals surface area contributed by atoms with Crippen molar-refractivity contribution < 1.29 is 8.42 Å². The van der Waals surface area contributed by atoms with E-state index in [2.05, 4.69) is 23.9 Å². The number of nitrogens with one attached hydrogen (secondary N) is 2. The van der Waals surface area contributed by atoms with Gasteiger partial charge in [0.15, 0.2) is 0 Å². The first-order valence-electron chi connectivity index (χ1n) is 7.74. The number of anilines is 1. The van der Waals surface area contributed by atoms with Crippen LogP contribution in [-0.2, 0) is 10.0 Å². The number of benzene rings is 1. The van der Waals surface area contributed by atoms with Crippen LogP contribution in [0.2, 0.25) is 0 Å². The average molecular weight is 310 g/mol. The van der Waals surface area contributed by atoms with E-state index in [-0.39, 0.29) is 0 Å². The summed E-state index contributed by atoms with van der Waals surface area (Å²) in [6.07, 6.45) is 4.96. The van der Waals surface area contributed by atoms with Crippen molar-refractivity contribution >= 4 is 15.7 Å². The van der Waals surface area contributed by atoms with Crippen molar-refractivity contribution in [2.24, 2.45) is 11.8 Å². The minimum atomic E-state index is -3.38. The predicted octanol–water partition coefficient (Wildman–Crippen LogP) is 3.22. The summed E-state index contributed by atoms with van der Waals surface area (Å²) in [5, 5.41) is 3.56. The van der Waals surface area contributed by atoms with Crippen LogP contribution in [0.5, 0.6) is 0 Å². The Labute approximate surface area is 128 Å². The van der Waals surface area contributed by atoms with Crippen molar-refractivity contribution in [3.63, 3.8) is 0 Å². The molecule has 2 atom stereocenters. The molecule has 4 nitrogen and oxygen atoms in total. The van der Waals surface area contributed by atoms with Crippen LogP contribution >= 0.6 is 0 Å². The fraction of sp³-hybridized carbons (Fsp3) is 0.625. The zero-order valence-electron chi connectivity index (χ0n) is 13.1. The van der Waals surface area contributed by atoms with Crippen LogP contribution in [0.4, 0.5) is 5.69 Å². The molecule has 0 heterocycles. The Hall–Kier alpha value is -1.07. The second-order valence-electron chi connectivity index (χ2n) is 6.18. The van der Waals surface area contributed by atoms with Crippen LogP contribution in [0.1, 0.15) is 39.5 Å². The SMILES string of the molecule is CNS(=O)(=O)c1cccc(NC2CCCCC2C(C)C)c1. The molecule has 0 radical (unpaired) electrons. The molecule has 1 fully saturated rings. The van der Waals surface area contributed by atoms with E-state index >= 15 is 0 Å². The Morgan fingerprint density at radius 3 is 2.57 bits per heavy atom. The van der Waals surface area contributed by atoms with E-state index < -0.39 is 10.0 Å². The third-order valence-electron chi connectivity index (χ3n) is 4.44. The minimum absolute atomic E-state index is 0.312. The highest BCUT2D eigenvalue weighted by Gasteiger charge is 2.27. The first-order valence-corrected chi connectivity index (χ1v) is 9.22. The molecule has 118 valence electrons. The lowest BCUT2D eigenvalue weighted by Gasteiger charge is -2.35. The van der Waals surface area contributed by atoms with Gasteiger partial charge in [-0.3, -0.25) is 0 Å². The lowest BCUT2D eigenvalue weighted by atomic mass is 9.78. The lowest BCUT2D eigenvalue weighted by molar-refractivity contribution is 0.254. The van der Waals surface area contributed by atoms with Gasteiger partial charge in [-0.05, 0) is 49.9 Å². The number of rotatable bonds is 5. The summed E-state index contributed by atoms with van der Waals surface area (Å²) in [5.74, 6) is 1.30. The number of hydrogen-bond donors (Lipinski definition) is 2. The summed E-state index contributed by atoms with van der Waals surface area (Å²) in [6.45, 7) is 4.54. The third-order valence-corrected chi connectivity index (χ3v) is 5.85. The smallest absolute Gasteiger partial charge is 0.240 e. The molecule has 0 bridgehead atoms. The van der Waals surface area contributed by atoms with Crippen LogP contribution in [0.3, 0.4) is 0 Å².